The van der Waals surface area contributed by atoms with Gasteiger partial charge in [0.2, 0.25) is 11.8 Å². The number of carboxylic acid groups (broad SMARTS) is 1. The molecule has 1 amide bonds. The van der Waals surface area contributed by atoms with Crippen molar-refractivity contribution in [3.63, 3.8) is 0 Å². The van der Waals surface area contributed by atoms with Gasteiger partial charge in [-0.1, -0.05) is 55.5 Å². The Labute approximate surface area is 203 Å². The second-order valence-electron chi connectivity index (χ2n) is 8.54. The molecule has 0 spiro atoms. The van der Waals surface area contributed by atoms with Crippen molar-refractivity contribution in [3.8, 4) is 22.5 Å². The first kappa shape index (κ1) is 24.2. The quantitative estimate of drug-likeness (QED) is 0.492. The van der Waals surface area contributed by atoms with Crippen molar-refractivity contribution >= 4 is 17.8 Å². The van der Waals surface area contributed by atoms with E-state index in [-0.39, 0.29) is 18.4 Å². The largest absolute Gasteiger partial charge is 0.480 e. The summed E-state index contributed by atoms with van der Waals surface area (Å²) in [6.07, 6.45) is 2.30. The van der Waals surface area contributed by atoms with Gasteiger partial charge in [0.15, 0.2) is 5.82 Å². The van der Waals surface area contributed by atoms with Crippen molar-refractivity contribution in [2.24, 2.45) is 0 Å². The number of hydrogen-bond donors (Lipinski definition) is 1. The molecule has 2 heterocycles. The maximum atomic E-state index is 12.5. The number of hydrogen-bond acceptors (Lipinski definition) is 7. The van der Waals surface area contributed by atoms with Gasteiger partial charge in [0.1, 0.15) is 6.04 Å². The third-order valence-electron chi connectivity index (χ3n) is 6.12. The zero-order valence-electron chi connectivity index (χ0n) is 19.8. The Hall–Kier alpha value is -3.92. The molecule has 1 aliphatic heterocycles. The van der Waals surface area contributed by atoms with E-state index < -0.39 is 12.0 Å². The lowest BCUT2D eigenvalue weighted by Crippen LogP contribution is -2.50. The topological polar surface area (TPSA) is 122 Å². The molecule has 182 valence electrons. The van der Waals surface area contributed by atoms with E-state index >= 15 is 0 Å². The van der Waals surface area contributed by atoms with Crippen LogP contribution in [0.25, 0.3) is 22.5 Å². The van der Waals surface area contributed by atoms with Crippen molar-refractivity contribution in [3.05, 3.63) is 54.1 Å². The van der Waals surface area contributed by atoms with Gasteiger partial charge in [0.05, 0.1) is 6.54 Å². The first-order chi connectivity index (χ1) is 16.9. The number of carbonyl (C=O) groups is 3. The minimum absolute atomic E-state index is 0.163. The van der Waals surface area contributed by atoms with Crippen LogP contribution in [0.4, 0.5) is 0 Å². The lowest BCUT2D eigenvalue weighted by atomic mass is 9.98. The van der Waals surface area contributed by atoms with Gasteiger partial charge in [-0.2, -0.15) is 4.68 Å². The monoisotopic (exact) mass is 476 g/mol. The zero-order valence-corrected chi connectivity index (χ0v) is 19.8. The average molecular weight is 477 g/mol. The smallest absolute Gasteiger partial charge is 0.322 e. The predicted octanol–water partition coefficient (Wildman–Crippen LogP) is 3.26. The first-order valence-electron chi connectivity index (χ1n) is 11.7. The Kier molecular flexibility index (Phi) is 7.31. The van der Waals surface area contributed by atoms with Gasteiger partial charge < -0.3 is 5.11 Å². The van der Waals surface area contributed by atoms with Gasteiger partial charge >= 0.3 is 5.97 Å². The average Bonchev–Trinajstić information content (AvgIpc) is 3.53. The van der Waals surface area contributed by atoms with E-state index in [0.29, 0.717) is 31.6 Å². The van der Waals surface area contributed by atoms with E-state index in [0.717, 1.165) is 28.7 Å². The molecule has 1 aliphatic rings. The van der Waals surface area contributed by atoms with Crippen molar-refractivity contribution in [2.45, 2.75) is 52.1 Å². The maximum Gasteiger partial charge on any atom is 0.322 e. The molecule has 1 atom stereocenters. The maximum absolute atomic E-state index is 12.5. The van der Waals surface area contributed by atoms with Crippen LogP contribution >= 0.6 is 0 Å². The summed E-state index contributed by atoms with van der Waals surface area (Å²) < 4.78 is 1.25. The van der Waals surface area contributed by atoms with Gasteiger partial charge in [-0.15, -0.1) is 5.10 Å². The molecule has 10 nitrogen and oxygen atoms in total. The van der Waals surface area contributed by atoms with Crippen LogP contribution in [0, 0.1) is 0 Å². The summed E-state index contributed by atoms with van der Waals surface area (Å²) in [5.74, 6) is -0.889. The van der Waals surface area contributed by atoms with Gasteiger partial charge in [-0.25, -0.2) is 5.01 Å². The van der Waals surface area contributed by atoms with Crippen molar-refractivity contribution in [1.82, 2.24) is 30.2 Å². The van der Waals surface area contributed by atoms with Crippen LogP contribution in [-0.4, -0.2) is 65.7 Å². The fourth-order valence-corrected chi connectivity index (χ4v) is 4.41. The van der Waals surface area contributed by atoms with E-state index in [4.69, 9.17) is 0 Å². The van der Waals surface area contributed by atoms with Crippen LogP contribution in [0.3, 0.4) is 0 Å². The molecule has 10 heteroatoms. The summed E-state index contributed by atoms with van der Waals surface area (Å²) in [4.78, 5) is 36.4. The van der Waals surface area contributed by atoms with E-state index in [1.54, 1.807) is 5.01 Å². The highest BCUT2D eigenvalue weighted by atomic mass is 16.4. The van der Waals surface area contributed by atoms with Crippen molar-refractivity contribution in [2.75, 3.05) is 6.54 Å². The van der Waals surface area contributed by atoms with Crippen LogP contribution in [0.15, 0.2) is 48.5 Å². The second-order valence-corrected chi connectivity index (χ2v) is 8.54. The highest BCUT2D eigenvalue weighted by molar-refractivity contribution is 5.86. The van der Waals surface area contributed by atoms with Gasteiger partial charge in [-0.3, -0.25) is 19.4 Å². The number of aliphatic carboxylic acids is 1. The van der Waals surface area contributed by atoms with Crippen molar-refractivity contribution in [1.29, 1.82) is 0 Å². The van der Waals surface area contributed by atoms with Crippen LogP contribution in [0.5, 0.6) is 0 Å². The van der Waals surface area contributed by atoms with Gasteiger partial charge in [0, 0.05) is 25.5 Å². The van der Waals surface area contributed by atoms with Crippen LogP contribution in [0.2, 0.25) is 0 Å². The van der Waals surface area contributed by atoms with Crippen molar-refractivity contribution < 1.29 is 19.5 Å². The number of benzene rings is 2. The highest BCUT2D eigenvalue weighted by Crippen LogP contribution is 2.31. The third kappa shape index (κ3) is 5.12. The lowest BCUT2D eigenvalue weighted by molar-refractivity contribution is -0.160. The molecular formula is C25H28N6O4. The number of carbonyl (C=O) groups excluding carboxylic acids is 2. The molecule has 4 rings (SSSR count). The van der Waals surface area contributed by atoms with Gasteiger partial charge in [0.25, 0.3) is 0 Å². The normalized spacial score (nSPS) is 15.8. The van der Waals surface area contributed by atoms with Crippen LogP contribution in [0.1, 0.15) is 49.9 Å². The summed E-state index contributed by atoms with van der Waals surface area (Å²) in [5.41, 5.74) is 3.39. The number of hydrazine groups is 1. The molecule has 0 radical (unpaired) electrons. The molecule has 0 aliphatic carbocycles. The molecule has 1 fully saturated rings. The molecule has 1 aromatic heterocycles. The molecule has 1 saturated heterocycles. The minimum atomic E-state index is -0.916. The number of nitrogens with zero attached hydrogens (tertiary/aromatic N) is 6. The molecule has 3 aromatic rings. The van der Waals surface area contributed by atoms with E-state index in [1.165, 1.54) is 16.6 Å². The molecule has 35 heavy (non-hydrogen) atoms. The van der Waals surface area contributed by atoms with Crippen LogP contribution < -0.4 is 0 Å². The molecule has 1 unspecified atom stereocenters. The molecule has 2 aromatic carbocycles. The second kappa shape index (κ2) is 10.6. The predicted molar refractivity (Wildman–Crippen MR) is 128 cm³/mol. The number of aromatic nitrogens is 4. The van der Waals surface area contributed by atoms with E-state index in [2.05, 4.69) is 15.5 Å². The first-order valence-corrected chi connectivity index (χ1v) is 11.7. The summed E-state index contributed by atoms with van der Waals surface area (Å²) in [6.45, 7) is 4.19. The fourth-order valence-electron chi connectivity index (χ4n) is 4.41. The molecule has 0 bridgehead atoms. The third-order valence-corrected chi connectivity index (χ3v) is 6.12. The lowest BCUT2D eigenvalue weighted by Gasteiger charge is -2.34. The Morgan fingerprint density at radius 2 is 1.80 bits per heavy atom. The Morgan fingerprint density at radius 1 is 1.09 bits per heavy atom. The number of carboxylic acids is 1. The summed E-state index contributed by atoms with van der Waals surface area (Å²) in [7, 11) is 0. The van der Waals surface area contributed by atoms with Gasteiger partial charge in [-0.05, 0) is 46.4 Å². The summed E-state index contributed by atoms with van der Waals surface area (Å²) >= 11 is 0. The number of amides is 1. The van der Waals surface area contributed by atoms with E-state index in [1.807, 2.05) is 55.5 Å². The van der Waals surface area contributed by atoms with Crippen LogP contribution in [-0.2, 0) is 16.1 Å². The zero-order chi connectivity index (χ0) is 24.9. The van der Waals surface area contributed by atoms with E-state index in [9.17, 15) is 19.5 Å². The summed E-state index contributed by atoms with van der Waals surface area (Å²) in [5, 5.41) is 24.4. The number of tetrazole rings is 1. The number of rotatable bonds is 8. The SMILES string of the molecule is CCCC(=O)n1nnnc1-c1ccccc1-c1ccc(CN(C(C)=O)N2CCCC2C(=O)O)cc1. The fraction of sp³-hybridized carbons (Fsp3) is 0.360. The minimum Gasteiger partial charge on any atom is -0.480 e. The Morgan fingerprint density at radius 3 is 2.46 bits per heavy atom. The molecular weight excluding hydrogens is 448 g/mol. The Bertz CT molecular complexity index is 1220. The molecule has 0 saturated carbocycles. The molecule has 1 N–H and O–H groups in total. The standard InChI is InChI=1S/C25H28N6O4/c1-3-7-23(33)31-24(26-27-28-31)21-9-5-4-8-20(21)19-13-11-18(12-14-19)16-30(17(2)32)29-15-6-10-22(29)25(34)35/h4-5,8-9,11-14,22H,3,6-7,10,15-16H2,1-2H3,(H,34,35). The summed E-state index contributed by atoms with van der Waals surface area (Å²) in [6, 6.07) is 14.6. The Balaban J connectivity index is 1.60. The highest BCUT2D eigenvalue weighted by Gasteiger charge is 2.35.